The zero-order valence-corrected chi connectivity index (χ0v) is 16.8. The molecule has 1 fully saturated rings. The van der Waals surface area contributed by atoms with Crippen molar-refractivity contribution in [2.45, 2.75) is 45.6 Å². The molecular formula is C20H27FN6O2. The summed E-state index contributed by atoms with van der Waals surface area (Å²) in [6.07, 6.45) is 3.94. The van der Waals surface area contributed by atoms with Crippen molar-refractivity contribution in [2.75, 3.05) is 29.9 Å². The highest BCUT2D eigenvalue weighted by atomic mass is 19.1. The lowest BCUT2D eigenvalue weighted by atomic mass is 10.2. The van der Waals surface area contributed by atoms with Gasteiger partial charge in [-0.2, -0.15) is 9.37 Å². The van der Waals surface area contributed by atoms with E-state index in [9.17, 15) is 14.5 Å². The van der Waals surface area contributed by atoms with Crippen LogP contribution in [0.3, 0.4) is 0 Å². The van der Waals surface area contributed by atoms with Crippen LogP contribution >= 0.6 is 0 Å². The number of benzene rings is 1. The SMILES string of the molecule is CCCCc1cc(N2CC[C@H](NCC)C2)nc(Nc2ccc(F)c([N+](=O)[O-])c2)n1. The summed E-state index contributed by atoms with van der Waals surface area (Å²) >= 11 is 0. The molecule has 1 aromatic heterocycles. The van der Waals surface area contributed by atoms with E-state index in [0.717, 1.165) is 69.0 Å². The summed E-state index contributed by atoms with van der Waals surface area (Å²) in [5.41, 5.74) is 0.719. The second kappa shape index (κ2) is 9.60. The Morgan fingerprint density at radius 1 is 1.31 bits per heavy atom. The van der Waals surface area contributed by atoms with Crippen molar-refractivity contribution >= 4 is 23.1 Å². The van der Waals surface area contributed by atoms with Crippen LogP contribution in [0.4, 0.5) is 27.5 Å². The fourth-order valence-electron chi connectivity index (χ4n) is 3.47. The number of unbranched alkanes of at least 4 members (excludes halogenated alkanes) is 1. The van der Waals surface area contributed by atoms with E-state index in [2.05, 4.69) is 39.3 Å². The number of anilines is 3. The van der Waals surface area contributed by atoms with Crippen molar-refractivity contribution in [2.24, 2.45) is 0 Å². The zero-order chi connectivity index (χ0) is 20.8. The lowest BCUT2D eigenvalue weighted by Crippen LogP contribution is -2.32. The first-order valence-corrected chi connectivity index (χ1v) is 10.1. The van der Waals surface area contributed by atoms with Gasteiger partial charge in [0, 0.05) is 42.6 Å². The molecule has 1 aliphatic rings. The molecule has 1 saturated heterocycles. The third kappa shape index (κ3) is 5.38. The van der Waals surface area contributed by atoms with Crippen molar-refractivity contribution in [3.8, 4) is 0 Å². The number of aryl methyl sites for hydroxylation is 1. The summed E-state index contributed by atoms with van der Waals surface area (Å²) in [5, 5.41) is 17.5. The molecule has 9 heteroatoms. The van der Waals surface area contributed by atoms with Crippen LogP contribution in [0.15, 0.2) is 24.3 Å². The molecule has 156 valence electrons. The minimum Gasteiger partial charge on any atom is -0.355 e. The Hall–Kier alpha value is -2.81. The van der Waals surface area contributed by atoms with Crippen molar-refractivity contribution in [3.63, 3.8) is 0 Å². The molecule has 0 spiro atoms. The number of hydrogen-bond donors (Lipinski definition) is 2. The molecule has 0 amide bonds. The molecule has 0 saturated carbocycles. The summed E-state index contributed by atoms with van der Waals surface area (Å²) < 4.78 is 13.6. The third-order valence-electron chi connectivity index (χ3n) is 4.96. The number of rotatable bonds is 9. The van der Waals surface area contributed by atoms with Crippen LogP contribution in [0, 0.1) is 15.9 Å². The quantitative estimate of drug-likeness (QED) is 0.486. The van der Waals surface area contributed by atoms with E-state index in [4.69, 9.17) is 0 Å². The van der Waals surface area contributed by atoms with Gasteiger partial charge in [-0.05, 0) is 37.9 Å². The molecule has 2 aromatic rings. The second-order valence-corrected chi connectivity index (χ2v) is 7.18. The highest BCUT2D eigenvalue weighted by Crippen LogP contribution is 2.26. The highest BCUT2D eigenvalue weighted by Gasteiger charge is 2.24. The predicted octanol–water partition coefficient (Wildman–Crippen LogP) is 3.80. The molecule has 1 aliphatic heterocycles. The maximum absolute atomic E-state index is 13.6. The maximum Gasteiger partial charge on any atom is 0.306 e. The minimum atomic E-state index is -0.870. The number of likely N-dealkylation sites (N-methyl/N-ethyl adjacent to an activating group) is 1. The Labute approximate surface area is 169 Å². The first-order chi connectivity index (χ1) is 14.0. The van der Waals surface area contributed by atoms with Crippen molar-refractivity contribution in [3.05, 3.63) is 45.9 Å². The van der Waals surface area contributed by atoms with Gasteiger partial charge in [0.05, 0.1) is 4.92 Å². The fourth-order valence-corrected chi connectivity index (χ4v) is 3.47. The van der Waals surface area contributed by atoms with Gasteiger partial charge in [0.25, 0.3) is 0 Å². The Balaban J connectivity index is 1.86. The molecule has 1 atom stereocenters. The summed E-state index contributed by atoms with van der Waals surface area (Å²) in [6.45, 7) is 6.93. The summed E-state index contributed by atoms with van der Waals surface area (Å²) in [5.74, 6) is 0.331. The van der Waals surface area contributed by atoms with Crippen molar-refractivity contribution in [1.29, 1.82) is 0 Å². The Kier molecular flexibility index (Phi) is 6.92. The molecule has 0 unspecified atom stereocenters. The average molecular weight is 402 g/mol. The van der Waals surface area contributed by atoms with Gasteiger partial charge in [0.1, 0.15) is 5.82 Å². The molecule has 0 aliphatic carbocycles. The van der Waals surface area contributed by atoms with Crippen LogP contribution in [0.2, 0.25) is 0 Å². The van der Waals surface area contributed by atoms with E-state index >= 15 is 0 Å². The van der Waals surface area contributed by atoms with Gasteiger partial charge in [-0.15, -0.1) is 0 Å². The van der Waals surface area contributed by atoms with E-state index in [1.807, 2.05) is 6.07 Å². The minimum absolute atomic E-state index is 0.362. The van der Waals surface area contributed by atoms with E-state index in [1.165, 1.54) is 6.07 Å². The summed E-state index contributed by atoms with van der Waals surface area (Å²) in [4.78, 5) is 21.7. The summed E-state index contributed by atoms with van der Waals surface area (Å²) in [7, 11) is 0. The molecule has 8 nitrogen and oxygen atoms in total. The van der Waals surface area contributed by atoms with Crippen molar-refractivity contribution in [1.82, 2.24) is 15.3 Å². The number of halogens is 1. The fraction of sp³-hybridized carbons (Fsp3) is 0.500. The standard InChI is InChI=1S/C20H27FN6O2/c1-3-5-6-14-12-19(26-10-9-16(13-26)22-4-2)25-20(23-14)24-15-7-8-17(21)18(11-15)27(28)29/h7-8,11-12,16,22H,3-6,9-10,13H2,1-2H3,(H,23,24,25)/t16-/m0/s1. The van der Waals surface area contributed by atoms with Gasteiger partial charge < -0.3 is 15.5 Å². The number of nitro groups is 1. The van der Waals surface area contributed by atoms with Gasteiger partial charge >= 0.3 is 5.69 Å². The highest BCUT2D eigenvalue weighted by molar-refractivity contribution is 5.59. The predicted molar refractivity (Wildman–Crippen MR) is 111 cm³/mol. The maximum atomic E-state index is 13.6. The Morgan fingerprint density at radius 2 is 2.14 bits per heavy atom. The van der Waals surface area contributed by atoms with Crippen LogP contribution in [-0.4, -0.2) is 40.6 Å². The number of nitro benzene ring substituents is 1. The lowest BCUT2D eigenvalue weighted by molar-refractivity contribution is -0.387. The first kappa shape index (κ1) is 20.9. The molecular weight excluding hydrogens is 375 g/mol. The van der Waals surface area contributed by atoms with Crippen LogP contribution in [0.1, 0.15) is 38.8 Å². The molecule has 2 N–H and O–H groups in total. The smallest absolute Gasteiger partial charge is 0.306 e. The van der Waals surface area contributed by atoms with E-state index < -0.39 is 16.4 Å². The van der Waals surface area contributed by atoms with Crippen LogP contribution in [0.25, 0.3) is 0 Å². The first-order valence-electron chi connectivity index (χ1n) is 10.1. The van der Waals surface area contributed by atoms with E-state index in [-0.39, 0.29) is 0 Å². The van der Waals surface area contributed by atoms with Gasteiger partial charge in [-0.25, -0.2) is 4.98 Å². The number of hydrogen-bond acceptors (Lipinski definition) is 7. The van der Waals surface area contributed by atoms with Gasteiger partial charge in [0.15, 0.2) is 0 Å². The normalized spacial score (nSPS) is 16.2. The molecule has 0 bridgehead atoms. The van der Waals surface area contributed by atoms with Crippen molar-refractivity contribution < 1.29 is 9.31 Å². The lowest BCUT2D eigenvalue weighted by Gasteiger charge is -2.19. The summed E-state index contributed by atoms with van der Waals surface area (Å²) in [6, 6.07) is 6.13. The average Bonchev–Trinajstić information content (AvgIpc) is 3.16. The monoisotopic (exact) mass is 402 g/mol. The molecule has 3 rings (SSSR count). The van der Waals surface area contributed by atoms with Crippen LogP contribution in [-0.2, 0) is 6.42 Å². The topological polar surface area (TPSA) is 96.2 Å². The third-order valence-corrected chi connectivity index (χ3v) is 4.96. The zero-order valence-electron chi connectivity index (χ0n) is 16.8. The van der Waals surface area contributed by atoms with Gasteiger partial charge in [-0.3, -0.25) is 10.1 Å². The van der Waals surface area contributed by atoms with Gasteiger partial charge in [-0.1, -0.05) is 20.3 Å². The second-order valence-electron chi connectivity index (χ2n) is 7.18. The molecule has 2 heterocycles. The number of aromatic nitrogens is 2. The Morgan fingerprint density at radius 3 is 2.86 bits per heavy atom. The van der Waals surface area contributed by atoms with Gasteiger partial charge in [0.2, 0.25) is 11.8 Å². The Bertz CT molecular complexity index is 863. The number of nitrogens with one attached hydrogen (secondary N) is 2. The largest absolute Gasteiger partial charge is 0.355 e. The van der Waals surface area contributed by atoms with Crippen LogP contribution in [0.5, 0.6) is 0 Å². The molecule has 0 radical (unpaired) electrons. The van der Waals surface area contributed by atoms with Crippen LogP contribution < -0.4 is 15.5 Å². The van der Waals surface area contributed by atoms with E-state index in [1.54, 1.807) is 0 Å². The molecule has 1 aromatic carbocycles. The molecule has 29 heavy (non-hydrogen) atoms. The number of nitrogens with zero attached hydrogens (tertiary/aromatic N) is 4. The van der Waals surface area contributed by atoms with E-state index in [0.29, 0.717) is 17.7 Å².